The molecule has 3 nitrogen and oxygen atoms in total. The molecule has 0 saturated carbocycles. The van der Waals surface area contributed by atoms with Gasteiger partial charge in [-0.1, -0.05) is 48.5 Å². The van der Waals surface area contributed by atoms with Crippen LogP contribution in [-0.2, 0) is 19.5 Å². The van der Waals surface area contributed by atoms with Gasteiger partial charge in [-0.2, -0.15) is 0 Å². The summed E-state index contributed by atoms with van der Waals surface area (Å²) in [5, 5.41) is 8.82. The number of nitrogens with zero attached hydrogens (tertiary/aromatic N) is 2. The van der Waals surface area contributed by atoms with Gasteiger partial charge in [-0.3, -0.25) is 0 Å². The molecule has 0 spiro atoms. The van der Waals surface area contributed by atoms with Gasteiger partial charge in [0, 0.05) is 41.1 Å². The number of aryl methyl sites for hydroxylation is 1. The van der Waals surface area contributed by atoms with Crippen molar-refractivity contribution in [2.24, 2.45) is 0 Å². The van der Waals surface area contributed by atoms with Gasteiger partial charge in [-0.05, 0) is 53.9 Å². The van der Waals surface area contributed by atoms with Crippen molar-refractivity contribution in [3.05, 3.63) is 78.0 Å². The fraction of sp³-hybridized carbons (Fsp3) is 0.192. The molecule has 0 amide bonds. The fourth-order valence-electron chi connectivity index (χ4n) is 4.97. The number of aromatic nitrogens is 2. The van der Waals surface area contributed by atoms with Crippen molar-refractivity contribution in [2.75, 3.05) is 6.54 Å². The molecule has 0 atom stereocenters. The summed E-state index contributed by atoms with van der Waals surface area (Å²) in [7, 11) is 0. The molecule has 3 heteroatoms. The predicted molar refractivity (Wildman–Crippen MR) is 121 cm³/mol. The van der Waals surface area contributed by atoms with Crippen LogP contribution in [0.2, 0.25) is 0 Å². The molecule has 3 aromatic carbocycles. The number of rotatable bonds is 2. The summed E-state index contributed by atoms with van der Waals surface area (Å²) in [6.07, 6.45) is 3.33. The van der Waals surface area contributed by atoms with E-state index in [0.717, 1.165) is 37.3 Å². The number of hydrogen-bond donors (Lipinski definition) is 1. The number of fused-ring (bicyclic) bond motifs is 6. The lowest BCUT2D eigenvalue weighted by molar-refractivity contribution is 0.646. The summed E-state index contributed by atoms with van der Waals surface area (Å²) in [6.45, 7) is 5.06. The zero-order valence-corrected chi connectivity index (χ0v) is 16.6. The lowest BCUT2D eigenvalue weighted by Gasteiger charge is -2.23. The molecular formula is C26H23N3. The van der Waals surface area contributed by atoms with Crippen LogP contribution in [0.1, 0.15) is 18.1 Å². The average Bonchev–Trinajstić information content (AvgIpc) is 3.17. The van der Waals surface area contributed by atoms with E-state index in [-0.39, 0.29) is 0 Å². The number of nitrogens with one attached hydrogen (secondary N) is 1. The van der Waals surface area contributed by atoms with Crippen molar-refractivity contribution in [3.63, 3.8) is 0 Å². The average molecular weight is 377 g/mol. The maximum absolute atomic E-state index is 5.25. The van der Waals surface area contributed by atoms with Gasteiger partial charge < -0.3 is 9.88 Å². The zero-order valence-electron chi connectivity index (χ0n) is 16.6. The van der Waals surface area contributed by atoms with Crippen LogP contribution in [-0.4, -0.2) is 16.1 Å². The number of benzene rings is 3. The third-order valence-corrected chi connectivity index (χ3v) is 6.33. The summed E-state index contributed by atoms with van der Waals surface area (Å²) in [5.74, 6) is 0. The Kier molecular flexibility index (Phi) is 3.71. The van der Waals surface area contributed by atoms with E-state index < -0.39 is 0 Å². The first-order valence-electron chi connectivity index (χ1n) is 10.5. The third kappa shape index (κ3) is 2.44. The molecule has 0 bridgehead atoms. The SMILES string of the molecule is CCn1cc(-c2nc3ccc4ccccc4c3c3c2CNCC3)c2ccccc21. The van der Waals surface area contributed by atoms with E-state index in [0.29, 0.717) is 0 Å². The second kappa shape index (κ2) is 6.43. The molecule has 2 aromatic heterocycles. The molecule has 0 saturated heterocycles. The molecule has 0 unspecified atom stereocenters. The largest absolute Gasteiger partial charge is 0.347 e. The summed E-state index contributed by atoms with van der Waals surface area (Å²) in [5.41, 5.74) is 7.60. The predicted octanol–water partition coefficient (Wildman–Crippen LogP) is 5.68. The Morgan fingerprint density at radius 1 is 0.931 bits per heavy atom. The van der Waals surface area contributed by atoms with Gasteiger partial charge in [0.1, 0.15) is 0 Å². The van der Waals surface area contributed by atoms with E-state index >= 15 is 0 Å². The highest BCUT2D eigenvalue weighted by Crippen LogP contribution is 2.38. The second-order valence-corrected chi connectivity index (χ2v) is 7.87. The van der Waals surface area contributed by atoms with Crippen LogP contribution in [0.4, 0.5) is 0 Å². The Balaban J connectivity index is 1.74. The summed E-state index contributed by atoms with van der Waals surface area (Å²) in [6, 6.07) is 21.8. The van der Waals surface area contributed by atoms with Gasteiger partial charge in [0.25, 0.3) is 0 Å². The molecule has 6 rings (SSSR count). The summed E-state index contributed by atoms with van der Waals surface area (Å²) in [4.78, 5) is 5.25. The van der Waals surface area contributed by atoms with E-state index in [2.05, 4.69) is 83.7 Å². The molecular weight excluding hydrogens is 354 g/mol. The topological polar surface area (TPSA) is 29.9 Å². The summed E-state index contributed by atoms with van der Waals surface area (Å²) >= 11 is 0. The van der Waals surface area contributed by atoms with E-state index in [1.54, 1.807) is 0 Å². The van der Waals surface area contributed by atoms with Gasteiger partial charge in [0.05, 0.1) is 11.2 Å². The monoisotopic (exact) mass is 377 g/mol. The Morgan fingerprint density at radius 2 is 1.76 bits per heavy atom. The van der Waals surface area contributed by atoms with Crippen LogP contribution in [0.15, 0.2) is 66.9 Å². The first-order chi connectivity index (χ1) is 14.3. The molecule has 0 radical (unpaired) electrons. The van der Waals surface area contributed by atoms with Crippen molar-refractivity contribution in [1.29, 1.82) is 0 Å². The minimum Gasteiger partial charge on any atom is -0.347 e. The van der Waals surface area contributed by atoms with E-state index in [1.165, 1.54) is 43.8 Å². The van der Waals surface area contributed by atoms with Crippen LogP contribution in [0.3, 0.4) is 0 Å². The van der Waals surface area contributed by atoms with Gasteiger partial charge in [-0.15, -0.1) is 0 Å². The number of hydrogen-bond acceptors (Lipinski definition) is 2. The molecule has 0 fully saturated rings. The smallest absolute Gasteiger partial charge is 0.0778 e. The van der Waals surface area contributed by atoms with Crippen molar-refractivity contribution < 1.29 is 0 Å². The quantitative estimate of drug-likeness (QED) is 0.401. The van der Waals surface area contributed by atoms with Crippen LogP contribution in [0, 0.1) is 0 Å². The van der Waals surface area contributed by atoms with Crippen LogP contribution in [0.25, 0.3) is 43.8 Å². The molecule has 0 aliphatic carbocycles. The Hall–Kier alpha value is -3.17. The molecule has 1 N–H and O–H groups in total. The second-order valence-electron chi connectivity index (χ2n) is 7.87. The fourth-order valence-corrected chi connectivity index (χ4v) is 4.97. The molecule has 142 valence electrons. The number of para-hydroxylation sites is 1. The molecule has 1 aliphatic heterocycles. The van der Waals surface area contributed by atoms with Crippen molar-refractivity contribution in [3.8, 4) is 11.3 Å². The van der Waals surface area contributed by atoms with Gasteiger partial charge >= 0.3 is 0 Å². The highest BCUT2D eigenvalue weighted by atomic mass is 15.0. The highest BCUT2D eigenvalue weighted by Gasteiger charge is 2.22. The van der Waals surface area contributed by atoms with Gasteiger partial charge in [-0.25, -0.2) is 4.98 Å². The maximum atomic E-state index is 5.25. The van der Waals surface area contributed by atoms with Crippen molar-refractivity contribution >= 4 is 32.6 Å². The Labute approximate surface area is 170 Å². The standard InChI is InChI=1S/C26H23N3/c1-2-29-16-22(19-9-5-6-10-24(19)29)26-21-15-27-14-13-20(21)25-18-8-4-3-7-17(18)11-12-23(25)28-26/h3-12,16,27H,2,13-15H2,1H3. The van der Waals surface area contributed by atoms with Gasteiger partial charge in [0.15, 0.2) is 0 Å². The Morgan fingerprint density at radius 3 is 2.66 bits per heavy atom. The molecule has 1 aliphatic rings. The van der Waals surface area contributed by atoms with Gasteiger partial charge in [0.2, 0.25) is 0 Å². The van der Waals surface area contributed by atoms with Crippen LogP contribution in [0.5, 0.6) is 0 Å². The first-order valence-corrected chi connectivity index (χ1v) is 10.5. The maximum Gasteiger partial charge on any atom is 0.0778 e. The zero-order chi connectivity index (χ0) is 19.4. The van der Waals surface area contributed by atoms with E-state index in [1.807, 2.05) is 0 Å². The minimum atomic E-state index is 0.877. The minimum absolute atomic E-state index is 0.877. The Bertz CT molecular complexity index is 1390. The van der Waals surface area contributed by atoms with Crippen LogP contribution >= 0.6 is 0 Å². The van der Waals surface area contributed by atoms with E-state index in [9.17, 15) is 0 Å². The van der Waals surface area contributed by atoms with E-state index in [4.69, 9.17) is 4.98 Å². The normalized spacial score (nSPS) is 14.0. The third-order valence-electron chi connectivity index (χ3n) is 6.33. The lowest BCUT2D eigenvalue weighted by atomic mass is 9.90. The van der Waals surface area contributed by atoms with Crippen molar-refractivity contribution in [1.82, 2.24) is 14.9 Å². The summed E-state index contributed by atoms with van der Waals surface area (Å²) < 4.78 is 2.33. The molecule has 3 heterocycles. The van der Waals surface area contributed by atoms with Crippen molar-refractivity contribution in [2.45, 2.75) is 26.4 Å². The number of pyridine rings is 1. The molecule has 29 heavy (non-hydrogen) atoms. The van der Waals surface area contributed by atoms with Crippen LogP contribution < -0.4 is 5.32 Å². The lowest BCUT2D eigenvalue weighted by Crippen LogP contribution is -2.25. The molecule has 5 aromatic rings. The first kappa shape index (κ1) is 16.8. The highest BCUT2D eigenvalue weighted by molar-refractivity contribution is 6.09.